The number of nitrogens with one attached hydrogen (secondary N) is 2. The number of halogens is 3. The molecular formula is C27H24F3N5O4S. The van der Waals surface area contributed by atoms with Crippen LogP contribution in [0.15, 0.2) is 72.0 Å². The molecule has 2 aromatic carbocycles. The van der Waals surface area contributed by atoms with Crippen LogP contribution in [0.3, 0.4) is 0 Å². The van der Waals surface area contributed by atoms with Crippen LogP contribution in [0.1, 0.15) is 39.2 Å². The summed E-state index contributed by atoms with van der Waals surface area (Å²) in [4.78, 5) is 12.7. The molecule has 208 valence electrons. The first kappa shape index (κ1) is 28.4. The number of sulfone groups is 1. The molecule has 0 saturated carbocycles. The monoisotopic (exact) mass is 571 g/mol. The average molecular weight is 572 g/mol. The van der Waals surface area contributed by atoms with Gasteiger partial charge in [0.15, 0.2) is 9.84 Å². The van der Waals surface area contributed by atoms with E-state index in [4.69, 9.17) is 0 Å². The van der Waals surface area contributed by atoms with Gasteiger partial charge in [0.2, 0.25) is 0 Å². The van der Waals surface area contributed by atoms with Gasteiger partial charge in [0, 0.05) is 42.7 Å². The molecule has 4 aromatic rings. The molecule has 4 rings (SSSR count). The van der Waals surface area contributed by atoms with Gasteiger partial charge in [-0.1, -0.05) is 11.8 Å². The number of H-pyrrole nitrogens is 1. The van der Waals surface area contributed by atoms with Gasteiger partial charge in [-0.05, 0) is 66.9 Å². The van der Waals surface area contributed by atoms with E-state index in [0.29, 0.717) is 30.6 Å². The fourth-order valence-electron chi connectivity index (χ4n) is 3.74. The SMILES string of the molecule is Cn1ccc(CS(=O)(=O)c2ccc(C(=O)NCCCc3cn[nH]c3)cc2C#Cc2ccc(OC(F)(F)F)cc2)n1. The van der Waals surface area contributed by atoms with E-state index in [1.807, 2.05) is 0 Å². The number of amides is 1. The highest BCUT2D eigenvalue weighted by molar-refractivity contribution is 7.90. The summed E-state index contributed by atoms with van der Waals surface area (Å²) in [6.07, 6.45) is 1.65. The van der Waals surface area contributed by atoms with Crippen molar-refractivity contribution >= 4 is 15.7 Å². The van der Waals surface area contributed by atoms with Crippen molar-refractivity contribution in [1.29, 1.82) is 0 Å². The van der Waals surface area contributed by atoms with Crippen LogP contribution in [0.4, 0.5) is 13.2 Å². The number of carbonyl (C=O) groups is 1. The lowest BCUT2D eigenvalue weighted by molar-refractivity contribution is -0.274. The number of hydrogen-bond donors (Lipinski definition) is 2. The van der Waals surface area contributed by atoms with Crippen molar-refractivity contribution in [3.05, 3.63) is 95.1 Å². The lowest BCUT2D eigenvalue weighted by atomic mass is 10.1. The minimum Gasteiger partial charge on any atom is -0.406 e. The second-order valence-corrected chi connectivity index (χ2v) is 10.7. The number of rotatable bonds is 9. The minimum atomic E-state index is -4.83. The van der Waals surface area contributed by atoms with Crippen molar-refractivity contribution in [1.82, 2.24) is 25.3 Å². The summed E-state index contributed by atoms with van der Waals surface area (Å²) in [5.41, 5.74) is 1.93. The third kappa shape index (κ3) is 7.97. The Morgan fingerprint density at radius 2 is 1.90 bits per heavy atom. The molecule has 0 bridgehead atoms. The lowest BCUT2D eigenvalue weighted by Crippen LogP contribution is -2.25. The highest BCUT2D eigenvalue weighted by Gasteiger charge is 2.31. The van der Waals surface area contributed by atoms with Gasteiger partial charge >= 0.3 is 6.36 Å². The van der Waals surface area contributed by atoms with Crippen LogP contribution in [-0.4, -0.2) is 47.2 Å². The van der Waals surface area contributed by atoms with Gasteiger partial charge < -0.3 is 10.1 Å². The van der Waals surface area contributed by atoms with E-state index in [1.165, 1.54) is 35.0 Å². The first-order chi connectivity index (χ1) is 19.0. The molecule has 0 aliphatic carbocycles. The maximum Gasteiger partial charge on any atom is 0.573 e. The number of benzene rings is 2. The lowest BCUT2D eigenvalue weighted by Gasteiger charge is -2.10. The second-order valence-electron chi connectivity index (χ2n) is 8.74. The predicted octanol–water partition coefficient (Wildman–Crippen LogP) is 3.78. The Morgan fingerprint density at radius 1 is 1.12 bits per heavy atom. The van der Waals surface area contributed by atoms with Crippen molar-refractivity contribution in [3.63, 3.8) is 0 Å². The van der Waals surface area contributed by atoms with Gasteiger partial charge in [0.25, 0.3) is 5.91 Å². The Morgan fingerprint density at radius 3 is 2.55 bits per heavy atom. The summed E-state index contributed by atoms with van der Waals surface area (Å²) in [5, 5.41) is 13.5. The first-order valence-electron chi connectivity index (χ1n) is 12.0. The number of aromatic amines is 1. The highest BCUT2D eigenvalue weighted by Crippen LogP contribution is 2.24. The van der Waals surface area contributed by atoms with Crippen molar-refractivity contribution in [2.45, 2.75) is 29.9 Å². The molecule has 0 saturated heterocycles. The standard InChI is InChI=1S/C27H24F3N5O4S/c1-35-14-12-23(34-35)18-40(37,38)25-11-8-22(26(36)31-13-2-3-20-16-32-33-17-20)15-21(25)7-4-19-5-9-24(10-6-19)39-27(28,29)30/h5-6,8-12,14-17H,2-3,13,18H2,1H3,(H,31,36)(H,32,33). The summed E-state index contributed by atoms with van der Waals surface area (Å²) in [6.45, 7) is 0.386. The van der Waals surface area contributed by atoms with Crippen molar-refractivity contribution in [2.24, 2.45) is 7.05 Å². The number of carbonyl (C=O) groups excluding carboxylic acids is 1. The van der Waals surface area contributed by atoms with Gasteiger partial charge in [-0.3, -0.25) is 14.6 Å². The Balaban J connectivity index is 1.58. The zero-order valence-electron chi connectivity index (χ0n) is 21.2. The number of aryl methyl sites for hydroxylation is 2. The molecule has 40 heavy (non-hydrogen) atoms. The predicted molar refractivity (Wildman–Crippen MR) is 139 cm³/mol. The number of alkyl halides is 3. The van der Waals surface area contributed by atoms with Crippen LogP contribution < -0.4 is 10.1 Å². The fourth-order valence-corrected chi connectivity index (χ4v) is 5.16. The topological polar surface area (TPSA) is 119 Å². The third-order valence-electron chi connectivity index (χ3n) is 5.60. The molecule has 0 aliphatic rings. The molecule has 0 aliphatic heterocycles. The van der Waals surface area contributed by atoms with E-state index in [1.54, 1.807) is 31.7 Å². The van der Waals surface area contributed by atoms with E-state index >= 15 is 0 Å². The maximum absolute atomic E-state index is 13.3. The molecule has 0 spiro atoms. The Labute approximate surface area is 228 Å². The molecule has 2 N–H and O–H groups in total. The average Bonchev–Trinajstić information content (AvgIpc) is 3.56. The molecule has 0 fully saturated rings. The fraction of sp³-hybridized carbons (Fsp3) is 0.222. The first-order valence-corrected chi connectivity index (χ1v) is 13.6. The quantitative estimate of drug-likeness (QED) is 0.233. The van der Waals surface area contributed by atoms with Gasteiger partial charge in [-0.15, -0.1) is 13.2 Å². The van der Waals surface area contributed by atoms with Crippen LogP contribution >= 0.6 is 0 Å². The van der Waals surface area contributed by atoms with Crippen LogP contribution in [0, 0.1) is 11.8 Å². The van der Waals surface area contributed by atoms with Crippen LogP contribution in [0.5, 0.6) is 5.75 Å². The number of aromatic nitrogens is 4. The molecule has 2 heterocycles. The Kier molecular flexibility index (Phi) is 8.59. The van der Waals surface area contributed by atoms with Gasteiger partial charge in [0.05, 0.1) is 22.5 Å². The normalized spacial score (nSPS) is 11.5. The maximum atomic E-state index is 13.3. The van der Waals surface area contributed by atoms with Crippen LogP contribution in [0.25, 0.3) is 0 Å². The van der Waals surface area contributed by atoms with Gasteiger partial charge in [-0.2, -0.15) is 10.2 Å². The summed E-state index contributed by atoms with van der Waals surface area (Å²) < 4.78 is 69.2. The highest BCUT2D eigenvalue weighted by atomic mass is 32.2. The molecule has 0 atom stereocenters. The molecule has 9 nitrogen and oxygen atoms in total. The van der Waals surface area contributed by atoms with Gasteiger partial charge in [-0.25, -0.2) is 8.42 Å². The van der Waals surface area contributed by atoms with Gasteiger partial charge in [0.1, 0.15) is 5.75 Å². The second kappa shape index (κ2) is 12.1. The Hall–Kier alpha value is -4.57. The number of hydrogen-bond acceptors (Lipinski definition) is 6. The van der Waals surface area contributed by atoms with E-state index in [0.717, 1.165) is 17.7 Å². The molecule has 0 radical (unpaired) electrons. The molecule has 13 heteroatoms. The third-order valence-corrected chi connectivity index (χ3v) is 7.30. The largest absolute Gasteiger partial charge is 0.573 e. The summed E-state index contributed by atoms with van der Waals surface area (Å²) in [7, 11) is -2.25. The minimum absolute atomic E-state index is 0.0672. The zero-order valence-corrected chi connectivity index (χ0v) is 22.0. The summed E-state index contributed by atoms with van der Waals surface area (Å²) >= 11 is 0. The molecule has 2 aromatic heterocycles. The molecule has 0 unspecified atom stereocenters. The summed E-state index contributed by atoms with van der Waals surface area (Å²) in [5.74, 6) is 4.32. The van der Waals surface area contributed by atoms with Crippen molar-refractivity contribution in [2.75, 3.05) is 6.54 Å². The molecular weight excluding hydrogens is 547 g/mol. The van der Waals surface area contributed by atoms with E-state index in [-0.39, 0.29) is 21.8 Å². The van der Waals surface area contributed by atoms with Crippen LogP contribution in [0.2, 0.25) is 0 Å². The number of ether oxygens (including phenoxy) is 1. The van der Waals surface area contributed by atoms with Crippen LogP contribution in [-0.2, 0) is 29.1 Å². The van der Waals surface area contributed by atoms with E-state index in [9.17, 15) is 26.4 Å². The molecule has 1 amide bonds. The zero-order chi connectivity index (χ0) is 28.8. The Bertz CT molecular complexity index is 1640. The van der Waals surface area contributed by atoms with Crippen molar-refractivity contribution in [3.8, 4) is 17.6 Å². The van der Waals surface area contributed by atoms with Crippen molar-refractivity contribution < 1.29 is 31.1 Å². The summed E-state index contributed by atoms with van der Waals surface area (Å²) in [6, 6.07) is 10.5. The van der Waals surface area contributed by atoms with E-state index < -0.39 is 27.9 Å². The van der Waals surface area contributed by atoms with E-state index in [2.05, 4.69) is 37.2 Å². The smallest absolute Gasteiger partial charge is 0.406 e. The number of nitrogens with zero attached hydrogens (tertiary/aromatic N) is 3.